The number of para-hydroxylation sites is 1. The molecule has 0 unspecified atom stereocenters. The molecule has 1 amide bonds. The number of benzene rings is 2. The van der Waals surface area contributed by atoms with Crippen LogP contribution in [0.5, 0.6) is 0 Å². The van der Waals surface area contributed by atoms with Gasteiger partial charge in [0.1, 0.15) is 5.54 Å². The van der Waals surface area contributed by atoms with Gasteiger partial charge in [-0.15, -0.1) is 11.3 Å². The fraction of sp³-hybridized carbons (Fsp3) is 0.360. The Morgan fingerprint density at radius 1 is 1.18 bits per heavy atom. The molecule has 33 heavy (non-hydrogen) atoms. The maximum absolute atomic E-state index is 12.5. The first-order valence-electron chi connectivity index (χ1n) is 11.0. The molecule has 1 aromatic heterocycles. The molecule has 1 fully saturated rings. The zero-order valence-electron chi connectivity index (χ0n) is 18.4. The molecular formula is C25H25N3O3S2. The SMILES string of the molecule is C[C@H](OC(=O)c1ccc(CSc2nc3ccccc3s2)cc1)C(=O)NC1(C#N)CCCCC1. The van der Waals surface area contributed by atoms with Crippen LogP contribution < -0.4 is 5.32 Å². The Hall–Kier alpha value is -2.89. The van der Waals surface area contributed by atoms with Crippen LogP contribution in [0.25, 0.3) is 10.2 Å². The lowest BCUT2D eigenvalue weighted by Gasteiger charge is -2.32. The number of fused-ring (bicyclic) bond motifs is 1. The number of amides is 1. The van der Waals surface area contributed by atoms with Gasteiger partial charge < -0.3 is 10.1 Å². The van der Waals surface area contributed by atoms with Gasteiger partial charge in [0.05, 0.1) is 21.8 Å². The van der Waals surface area contributed by atoms with Gasteiger partial charge >= 0.3 is 5.97 Å². The molecule has 3 aromatic rings. The van der Waals surface area contributed by atoms with Crippen LogP contribution in [-0.4, -0.2) is 28.5 Å². The minimum Gasteiger partial charge on any atom is -0.449 e. The van der Waals surface area contributed by atoms with Crippen LogP contribution in [0.3, 0.4) is 0 Å². The number of nitrogens with zero attached hydrogens (tertiary/aromatic N) is 2. The summed E-state index contributed by atoms with van der Waals surface area (Å²) in [6.45, 7) is 1.53. The first-order valence-corrected chi connectivity index (χ1v) is 12.8. The topological polar surface area (TPSA) is 92.1 Å². The Morgan fingerprint density at radius 2 is 1.91 bits per heavy atom. The van der Waals surface area contributed by atoms with Crippen molar-refractivity contribution in [3.63, 3.8) is 0 Å². The van der Waals surface area contributed by atoms with Crippen LogP contribution in [0.1, 0.15) is 54.9 Å². The van der Waals surface area contributed by atoms with E-state index in [1.54, 1.807) is 35.2 Å². The summed E-state index contributed by atoms with van der Waals surface area (Å²) in [5.74, 6) is -0.252. The molecular weight excluding hydrogens is 454 g/mol. The molecule has 1 N–H and O–H groups in total. The van der Waals surface area contributed by atoms with Crippen molar-refractivity contribution < 1.29 is 14.3 Å². The summed E-state index contributed by atoms with van der Waals surface area (Å²) in [4.78, 5) is 29.7. The summed E-state index contributed by atoms with van der Waals surface area (Å²) in [6.07, 6.45) is 3.17. The minimum atomic E-state index is -0.973. The summed E-state index contributed by atoms with van der Waals surface area (Å²) in [6, 6.07) is 17.5. The van der Waals surface area contributed by atoms with Crippen LogP contribution in [0.2, 0.25) is 0 Å². The number of hydrogen-bond acceptors (Lipinski definition) is 7. The second-order valence-electron chi connectivity index (χ2n) is 8.22. The Bertz CT molecular complexity index is 1140. The van der Waals surface area contributed by atoms with Gasteiger partial charge in [0, 0.05) is 5.75 Å². The van der Waals surface area contributed by atoms with E-state index in [0.717, 1.165) is 40.4 Å². The van der Waals surface area contributed by atoms with E-state index in [9.17, 15) is 14.9 Å². The van der Waals surface area contributed by atoms with E-state index in [2.05, 4.69) is 22.4 Å². The van der Waals surface area contributed by atoms with E-state index >= 15 is 0 Å². The van der Waals surface area contributed by atoms with Gasteiger partial charge in [0.2, 0.25) is 0 Å². The van der Waals surface area contributed by atoms with E-state index in [-0.39, 0.29) is 0 Å². The molecule has 1 atom stereocenters. The fourth-order valence-corrected chi connectivity index (χ4v) is 5.86. The maximum Gasteiger partial charge on any atom is 0.338 e. The molecule has 170 valence electrons. The number of carbonyl (C=O) groups excluding carboxylic acids is 2. The molecule has 0 spiro atoms. The van der Waals surface area contributed by atoms with Gasteiger partial charge in [-0.1, -0.05) is 55.3 Å². The van der Waals surface area contributed by atoms with E-state index in [0.29, 0.717) is 18.4 Å². The average Bonchev–Trinajstić information content (AvgIpc) is 3.26. The van der Waals surface area contributed by atoms with Crippen molar-refractivity contribution in [2.75, 3.05) is 0 Å². The predicted molar refractivity (Wildman–Crippen MR) is 130 cm³/mol. The quantitative estimate of drug-likeness (QED) is 0.356. The van der Waals surface area contributed by atoms with E-state index in [4.69, 9.17) is 4.74 Å². The van der Waals surface area contributed by atoms with Crippen molar-refractivity contribution in [1.82, 2.24) is 10.3 Å². The molecule has 1 aliphatic rings. The third kappa shape index (κ3) is 5.73. The highest BCUT2D eigenvalue weighted by Gasteiger charge is 2.35. The zero-order valence-corrected chi connectivity index (χ0v) is 20.0. The summed E-state index contributed by atoms with van der Waals surface area (Å²) >= 11 is 3.33. The standard InChI is InChI=1S/C25H25N3O3S2/c1-17(22(29)28-25(16-26)13-5-2-6-14-25)31-23(30)19-11-9-18(10-12-19)15-32-24-27-20-7-3-4-8-21(20)33-24/h3-4,7-12,17H,2,5-6,13-15H2,1H3,(H,28,29)/t17-/m0/s1. The molecule has 0 aliphatic heterocycles. The smallest absolute Gasteiger partial charge is 0.338 e. The lowest BCUT2D eigenvalue weighted by Crippen LogP contribution is -2.52. The highest BCUT2D eigenvalue weighted by atomic mass is 32.2. The van der Waals surface area contributed by atoms with Crippen molar-refractivity contribution >= 4 is 45.2 Å². The lowest BCUT2D eigenvalue weighted by molar-refractivity contribution is -0.130. The van der Waals surface area contributed by atoms with Crippen LogP contribution in [0.4, 0.5) is 0 Å². The summed E-state index contributed by atoms with van der Waals surface area (Å²) in [5.41, 5.74) is 1.61. The van der Waals surface area contributed by atoms with Crippen LogP contribution in [0, 0.1) is 11.3 Å². The fourth-order valence-electron chi connectivity index (χ4n) is 3.83. The number of nitriles is 1. The minimum absolute atomic E-state index is 0.385. The van der Waals surface area contributed by atoms with Crippen molar-refractivity contribution in [2.24, 2.45) is 0 Å². The molecule has 0 saturated heterocycles. The first-order chi connectivity index (χ1) is 16.0. The highest BCUT2D eigenvalue weighted by Crippen LogP contribution is 2.31. The summed E-state index contributed by atoms with van der Waals surface area (Å²) in [7, 11) is 0. The van der Waals surface area contributed by atoms with Crippen LogP contribution in [-0.2, 0) is 15.3 Å². The Kier molecular flexibility index (Phi) is 7.31. The Morgan fingerprint density at radius 3 is 2.61 bits per heavy atom. The van der Waals surface area contributed by atoms with Gasteiger partial charge in [0.25, 0.3) is 5.91 Å². The van der Waals surface area contributed by atoms with Gasteiger partial charge in [-0.05, 0) is 49.6 Å². The van der Waals surface area contributed by atoms with Crippen molar-refractivity contribution in [3.8, 4) is 6.07 Å². The first kappa shape index (κ1) is 23.3. The zero-order chi connectivity index (χ0) is 23.3. The largest absolute Gasteiger partial charge is 0.449 e. The van der Waals surface area contributed by atoms with Gasteiger partial charge in [-0.25, -0.2) is 9.78 Å². The van der Waals surface area contributed by atoms with Crippen molar-refractivity contribution in [2.45, 2.75) is 60.8 Å². The van der Waals surface area contributed by atoms with Crippen molar-refractivity contribution in [3.05, 3.63) is 59.7 Å². The number of hydrogen-bond donors (Lipinski definition) is 1. The number of esters is 1. The van der Waals surface area contributed by atoms with E-state index in [1.165, 1.54) is 11.6 Å². The van der Waals surface area contributed by atoms with Crippen molar-refractivity contribution in [1.29, 1.82) is 5.26 Å². The van der Waals surface area contributed by atoms with Gasteiger partial charge in [0.15, 0.2) is 10.4 Å². The van der Waals surface area contributed by atoms with Crippen LogP contribution in [0.15, 0.2) is 52.9 Å². The maximum atomic E-state index is 12.5. The number of thiazole rings is 1. The summed E-state index contributed by atoms with van der Waals surface area (Å²) in [5, 5.41) is 12.3. The number of rotatable bonds is 7. The molecule has 0 radical (unpaired) electrons. The number of nitrogens with one attached hydrogen (secondary N) is 1. The van der Waals surface area contributed by atoms with E-state index in [1.807, 2.05) is 30.3 Å². The summed E-state index contributed by atoms with van der Waals surface area (Å²) < 4.78 is 7.53. The molecule has 8 heteroatoms. The predicted octanol–water partition coefficient (Wildman–Crippen LogP) is 5.48. The molecule has 1 heterocycles. The Balaban J connectivity index is 1.30. The number of aromatic nitrogens is 1. The average molecular weight is 480 g/mol. The molecule has 0 bridgehead atoms. The van der Waals surface area contributed by atoms with Gasteiger partial charge in [-0.2, -0.15) is 5.26 Å². The number of thioether (sulfide) groups is 1. The highest BCUT2D eigenvalue weighted by molar-refractivity contribution is 8.00. The third-order valence-corrected chi connectivity index (χ3v) is 8.01. The molecule has 1 saturated carbocycles. The second-order valence-corrected chi connectivity index (χ2v) is 10.5. The van der Waals surface area contributed by atoms with E-state index < -0.39 is 23.5 Å². The van der Waals surface area contributed by atoms with Crippen LogP contribution >= 0.6 is 23.1 Å². The molecule has 4 rings (SSSR count). The normalized spacial score (nSPS) is 16.0. The molecule has 6 nitrogen and oxygen atoms in total. The molecule has 1 aliphatic carbocycles. The lowest BCUT2D eigenvalue weighted by atomic mass is 9.83. The number of ether oxygens (including phenoxy) is 1. The Labute approximate surface area is 201 Å². The van der Waals surface area contributed by atoms with Gasteiger partial charge in [-0.3, -0.25) is 4.79 Å². The monoisotopic (exact) mass is 479 g/mol. The number of carbonyl (C=O) groups is 2. The second kappa shape index (κ2) is 10.4. The third-order valence-electron chi connectivity index (χ3n) is 5.76. The molecule has 2 aromatic carbocycles.